The predicted molar refractivity (Wildman–Crippen MR) is 132 cm³/mol. The van der Waals surface area contributed by atoms with Crippen LogP contribution in [0.3, 0.4) is 0 Å². The topological polar surface area (TPSA) is 124 Å². The van der Waals surface area contributed by atoms with Crippen molar-refractivity contribution in [3.05, 3.63) is 23.8 Å². The second-order valence-electron chi connectivity index (χ2n) is 13.1. The Morgan fingerprint density at radius 1 is 1.17 bits per heavy atom. The molecule has 3 saturated carbocycles. The molecule has 1 heterocycles. The van der Waals surface area contributed by atoms with Gasteiger partial charge in [0.1, 0.15) is 17.3 Å². The van der Waals surface area contributed by atoms with Gasteiger partial charge in [0.25, 0.3) is 0 Å². The third-order valence-electron chi connectivity index (χ3n) is 12.1. The fourth-order valence-electron chi connectivity index (χ4n) is 9.46. The van der Waals surface area contributed by atoms with Crippen LogP contribution in [0.15, 0.2) is 23.8 Å². The Labute approximate surface area is 213 Å². The first-order valence-electron chi connectivity index (χ1n) is 13.5. The van der Waals surface area contributed by atoms with Gasteiger partial charge in [0, 0.05) is 12.0 Å². The summed E-state index contributed by atoms with van der Waals surface area (Å²) in [5.74, 6) is -1.44. The lowest BCUT2D eigenvalue weighted by atomic mass is 9.38. The zero-order chi connectivity index (χ0) is 26.5. The molecule has 0 bridgehead atoms. The van der Waals surface area contributed by atoms with Crippen molar-refractivity contribution in [3.63, 3.8) is 0 Å². The fraction of sp³-hybridized carbons (Fsp3) is 0.793. The summed E-state index contributed by atoms with van der Waals surface area (Å²) in [7, 11) is 0. The van der Waals surface area contributed by atoms with E-state index in [2.05, 4.69) is 6.92 Å². The molecule has 11 atom stereocenters. The molecule has 0 aromatic rings. The van der Waals surface area contributed by atoms with Gasteiger partial charge in [0.05, 0.1) is 17.4 Å². The molecular formula is C29H42O7. The number of ether oxygens (including phenoxy) is 1. The van der Waals surface area contributed by atoms with Gasteiger partial charge in [-0.05, 0) is 102 Å². The molecular weight excluding hydrogens is 460 g/mol. The van der Waals surface area contributed by atoms with Crippen molar-refractivity contribution in [3.8, 4) is 0 Å². The van der Waals surface area contributed by atoms with E-state index in [9.17, 15) is 30.0 Å². The van der Waals surface area contributed by atoms with Crippen molar-refractivity contribution in [1.82, 2.24) is 0 Å². The molecule has 0 spiro atoms. The van der Waals surface area contributed by atoms with Crippen molar-refractivity contribution >= 4 is 11.8 Å². The van der Waals surface area contributed by atoms with Crippen molar-refractivity contribution in [2.75, 3.05) is 6.61 Å². The zero-order valence-corrected chi connectivity index (χ0v) is 22.2. The van der Waals surface area contributed by atoms with Crippen LogP contribution in [0.2, 0.25) is 0 Å². The summed E-state index contributed by atoms with van der Waals surface area (Å²) in [4.78, 5) is 25.8. The number of carbonyl (C=O) groups is 2. The van der Waals surface area contributed by atoms with E-state index in [0.717, 1.165) is 5.57 Å². The quantitative estimate of drug-likeness (QED) is 0.345. The summed E-state index contributed by atoms with van der Waals surface area (Å²) >= 11 is 0. The van der Waals surface area contributed by atoms with Crippen LogP contribution in [-0.2, 0) is 14.3 Å². The molecule has 4 N–H and O–H groups in total. The summed E-state index contributed by atoms with van der Waals surface area (Å²) in [5, 5.41) is 45.9. The summed E-state index contributed by atoms with van der Waals surface area (Å²) < 4.78 is 5.71. The minimum absolute atomic E-state index is 0.110. The van der Waals surface area contributed by atoms with Gasteiger partial charge in [-0.2, -0.15) is 0 Å². The SMILES string of the molecule is CC1=C[C@H]([C@](C)(O)[C@H]2CC[C@@]3(C)[C@@H]4C[C@@H](O)[C@@]5(O)CC=CC(=O)[C@]5(C)[C@H]4CC[C@]23CO)OC(=O)C1C. The number of rotatable bonds is 3. The molecule has 4 aliphatic carbocycles. The van der Waals surface area contributed by atoms with Crippen molar-refractivity contribution in [2.45, 2.75) is 96.6 Å². The van der Waals surface area contributed by atoms with Crippen LogP contribution in [0.5, 0.6) is 0 Å². The normalized spacial score (nSPS) is 52.0. The summed E-state index contributed by atoms with van der Waals surface area (Å²) in [6.07, 6.45) is 6.32. The Morgan fingerprint density at radius 2 is 1.86 bits per heavy atom. The molecule has 0 aromatic heterocycles. The van der Waals surface area contributed by atoms with Crippen LogP contribution < -0.4 is 0 Å². The molecule has 7 nitrogen and oxygen atoms in total. The van der Waals surface area contributed by atoms with Crippen molar-refractivity contribution < 1.29 is 34.8 Å². The lowest BCUT2D eigenvalue weighted by Crippen LogP contribution is -2.71. The number of cyclic esters (lactones) is 1. The molecule has 1 unspecified atom stereocenters. The van der Waals surface area contributed by atoms with Crippen molar-refractivity contribution in [2.24, 2.45) is 39.9 Å². The fourth-order valence-corrected chi connectivity index (χ4v) is 9.46. The van der Waals surface area contributed by atoms with Crippen LogP contribution in [-0.4, -0.2) is 62.2 Å². The average Bonchev–Trinajstić information content (AvgIpc) is 3.14. The first-order valence-corrected chi connectivity index (χ1v) is 13.5. The third kappa shape index (κ3) is 2.94. The van der Waals surface area contributed by atoms with Gasteiger partial charge in [-0.25, -0.2) is 0 Å². The first kappa shape index (κ1) is 26.1. The molecule has 5 rings (SSSR count). The predicted octanol–water partition coefficient (Wildman–Crippen LogP) is 2.70. The monoisotopic (exact) mass is 502 g/mol. The molecule has 3 fully saturated rings. The minimum atomic E-state index is -1.51. The summed E-state index contributed by atoms with van der Waals surface area (Å²) in [6, 6.07) is 0. The highest BCUT2D eigenvalue weighted by Crippen LogP contribution is 2.73. The van der Waals surface area contributed by atoms with E-state index in [1.54, 1.807) is 26.0 Å². The Balaban J connectivity index is 1.55. The first-order chi connectivity index (χ1) is 16.7. The van der Waals surface area contributed by atoms with Gasteiger partial charge >= 0.3 is 5.97 Å². The van der Waals surface area contributed by atoms with Crippen LogP contribution in [0.25, 0.3) is 0 Å². The van der Waals surface area contributed by atoms with Gasteiger partial charge in [0.2, 0.25) is 0 Å². The maximum absolute atomic E-state index is 13.3. The molecule has 5 aliphatic rings. The summed E-state index contributed by atoms with van der Waals surface area (Å²) in [6.45, 7) is 9.19. The second-order valence-corrected chi connectivity index (χ2v) is 13.1. The summed E-state index contributed by atoms with van der Waals surface area (Å²) in [5.41, 5.74) is -4.29. The lowest BCUT2D eigenvalue weighted by molar-refractivity contribution is -0.256. The van der Waals surface area contributed by atoms with E-state index >= 15 is 0 Å². The van der Waals surface area contributed by atoms with E-state index in [0.29, 0.717) is 32.1 Å². The van der Waals surface area contributed by atoms with Crippen molar-refractivity contribution in [1.29, 1.82) is 0 Å². The maximum atomic E-state index is 13.3. The average molecular weight is 503 g/mol. The van der Waals surface area contributed by atoms with Crippen LogP contribution in [0.4, 0.5) is 0 Å². The van der Waals surface area contributed by atoms with E-state index in [1.807, 2.05) is 19.9 Å². The number of ketones is 1. The number of allylic oxidation sites excluding steroid dienone is 1. The molecule has 7 heteroatoms. The largest absolute Gasteiger partial charge is 0.455 e. The molecule has 200 valence electrons. The van der Waals surface area contributed by atoms with E-state index in [4.69, 9.17) is 4.74 Å². The number of aliphatic hydroxyl groups is 4. The van der Waals surface area contributed by atoms with Gasteiger partial charge in [0.15, 0.2) is 5.78 Å². The number of fused-ring (bicyclic) bond motifs is 5. The highest BCUT2D eigenvalue weighted by molar-refractivity contribution is 5.97. The molecule has 0 amide bonds. The third-order valence-corrected chi connectivity index (χ3v) is 12.1. The van der Waals surface area contributed by atoms with E-state index < -0.39 is 39.7 Å². The standard InChI is InChI=1S/C29H42O7/c1-16-13-23(36-24(33)17(16)2)27(5,34)20-9-11-25(3)19-14-22(32)29(35)10-6-7-21(31)26(29,4)18(19)8-12-28(20,25)15-30/h6-7,13,17-20,22-23,30,32,34-35H,8-12,14-15H2,1-5H3/t17?,18-,19+,20+,22+,23+,25-,26-,27+,28-,29-/m0/s1. The Kier molecular flexibility index (Phi) is 5.78. The highest BCUT2D eigenvalue weighted by atomic mass is 16.6. The van der Waals surface area contributed by atoms with E-state index in [1.165, 1.54) is 0 Å². The highest BCUT2D eigenvalue weighted by Gasteiger charge is 2.74. The van der Waals surface area contributed by atoms with E-state index in [-0.39, 0.29) is 48.5 Å². The number of hydrogen-bond acceptors (Lipinski definition) is 7. The molecule has 0 saturated heterocycles. The lowest BCUT2D eigenvalue weighted by Gasteiger charge is -2.67. The maximum Gasteiger partial charge on any atom is 0.313 e. The molecule has 1 aliphatic heterocycles. The number of carbonyl (C=O) groups excluding carboxylic acids is 2. The molecule has 0 radical (unpaired) electrons. The number of hydrogen-bond donors (Lipinski definition) is 4. The van der Waals surface area contributed by atoms with Crippen LogP contribution in [0, 0.1) is 39.9 Å². The molecule has 36 heavy (non-hydrogen) atoms. The Hall–Kier alpha value is -1.54. The zero-order valence-electron chi connectivity index (χ0n) is 22.2. The van der Waals surface area contributed by atoms with Gasteiger partial charge in [-0.1, -0.05) is 18.6 Å². The van der Waals surface area contributed by atoms with Crippen LogP contribution >= 0.6 is 0 Å². The smallest absolute Gasteiger partial charge is 0.313 e. The molecule has 0 aromatic carbocycles. The van der Waals surface area contributed by atoms with Gasteiger partial charge in [-0.3, -0.25) is 9.59 Å². The second kappa shape index (κ2) is 7.98. The van der Waals surface area contributed by atoms with Gasteiger partial charge < -0.3 is 25.2 Å². The number of aliphatic hydroxyl groups excluding tert-OH is 2. The Bertz CT molecular complexity index is 1030. The Morgan fingerprint density at radius 3 is 2.50 bits per heavy atom. The van der Waals surface area contributed by atoms with Gasteiger partial charge in [-0.15, -0.1) is 0 Å². The minimum Gasteiger partial charge on any atom is -0.455 e. The van der Waals surface area contributed by atoms with Crippen LogP contribution in [0.1, 0.15) is 73.1 Å². The number of esters is 1.